The number of rotatable bonds is 5. The van der Waals surface area contributed by atoms with E-state index in [-0.39, 0.29) is 33.8 Å². The molecule has 0 radical (unpaired) electrons. The summed E-state index contributed by atoms with van der Waals surface area (Å²) in [5.74, 6) is -0.189. The second kappa shape index (κ2) is 7.24. The Morgan fingerprint density at radius 2 is 2.04 bits per heavy atom. The van der Waals surface area contributed by atoms with Crippen LogP contribution in [-0.2, 0) is 9.53 Å². The molecule has 0 aliphatic carbocycles. The van der Waals surface area contributed by atoms with Crippen molar-refractivity contribution in [3.05, 3.63) is 52.8 Å². The lowest BCUT2D eigenvalue weighted by Gasteiger charge is -2.04. The molecule has 7 nitrogen and oxygen atoms in total. The Kier molecular flexibility index (Phi) is 4.64. The summed E-state index contributed by atoms with van der Waals surface area (Å²) in [6.07, 6.45) is 1.57. The van der Waals surface area contributed by atoms with E-state index in [1.165, 1.54) is 0 Å². The summed E-state index contributed by atoms with van der Waals surface area (Å²) in [6, 6.07) is 11.5. The van der Waals surface area contributed by atoms with Crippen LogP contribution in [0.5, 0.6) is 0 Å². The molecule has 0 atom stereocenters. The van der Waals surface area contributed by atoms with Crippen LogP contribution in [0.2, 0.25) is 0 Å². The van der Waals surface area contributed by atoms with Gasteiger partial charge in [0.25, 0.3) is 11.1 Å². The third-order valence-electron chi connectivity index (χ3n) is 4.03. The highest BCUT2D eigenvalue weighted by Crippen LogP contribution is 2.25. The van der Waals surface area contributed by atoms with E-state index in [1.54, 1.807) is 19.2 Å². The summed E-state index contributed by atoms with van der Waals surface area (Å²) in [6.45, 7) is 2.05. The van der Waals surface area contributed by atoms with E-state index in [1.807, 2.05) is 30.3 Å². The van der Waals surface area contributed by atoms with Crippen LogP contribution in [0.25, 0.3) is 33.1 Å². The Labute approximate surface area is 157 Å². The minimum atomic E-state index is -0.363. The number of aromatic nitrogens is 3. The Bertz CT molecular complexity index is 1200. The topological polar surface area (TPSA) is 98.1 Å². The smallest absolute Gasteiger partial charge is 0.316 e. The molecule has 0 saturated carbocycles. The molecule has 0 aliphatic rings. The summed E-state index contributed by atoms with van der Waals surface area (Å²) in [4.78, 5) is 27.5. The molecule has 0 saturated heterocycles. The van der Waals surface area contributed by atoms with Gasteiger partial charge in [-0.2, -0.15) is 0 Å². The summed E-state index contributed by atoms with van der Waals surface area (Å²) in [5.41, 5.74) is 0.853. The van der Waals surface area contributed by atoms with Crippen LogP contribution in [0, 0.1) is 0 Å². The molecule has 0 fully saturated rings. The van der Waals surface area contributed by atoms with Gasteiger partial charge in [-0.3, -0.25) is 9.59 Å². The van der Waals surface area contributed by atoms with Crippen LogP contribution in [0.3, 0.4) is 0 Å². The van der Waals surface area contributed by atoms with E-state index >= 15 is 0 Å². The van der Waals surface area contributed by atoms with Crippen LogP contribution in [0.4, 0.5) is 0 Å². The second-order valence-corrected chi connectivity index (χ2v) is 6.63. The van der Waals surface area contributed by atoms with Crippen LogP contribution in [0.15, 0.2) is 57.0 Å². The van der Waals surface area contributed by atoms with Gasteiger partial charge in [-0.05, 0) is 18.4 Å². The molecule has 1 N–H and O–H groups in total. The van der Waals surface area contributed by atoms with Gasteiger partial charge in [0.05, 0.1) is 12.1 Å². The minimum absolute atomic E-state index is 0.0650. The maximum atomic E-state index is 12.9. The number of fused-ring (bicyclic) bond motifs is 3. The number of pyridine rings is 1. The number of benzene rings is 2. The fraction of sp³-hybridized carbons (Fsp3) is 0.158. The zero-order valence-corrected chi connectivity index (χ0v) is 15.2. The van der Waals surface area contributed by atoms with Gasteiger partial charge >= 0.3 is 5.97 Å². The predicted molar refractivity (Wildman–Crippen MR) is 103 cm³/mol. The van der Waals surface area contributed by atoms with E-state index < -0.39 is 0 Å². The standard InChI is InChI=1S/C19H15N3O4S/c1-2-25-15(23)10-27-19-22-21-18(26-19)14-9-20-16-12-6-4-3-5-11(12)7-8-13(16)17(14)24/h3-9H,2,10H2,1H3,(H,20,24). The van der Waals surface area contributed by atoms with E-state index in [2.05, 4.69) is 15.2 Å². The molecule has 0 aliphatic heterocycles. The van der Waals surface area contributed by atoms with Crippen molar-refractivity contribution in [3.8, 4) is 11.5 Å². The first kappa shape index (κ1) is 17.3. The molecule has 4 rings (SSSR count). The Hall–Kier alpha value is -3.13. The summed E-state index contributed by atoms with van der Waals surface area (Å²) < 4.78 is 10.4. The average Bonchev–Trinajstić information content (AvgIpc) is 3.15. The number of thioether (sulfide) groups is 1. The third-order valence-corrected chi connectivity index (χ3v) is 4.83. The number of nitrogens with zero attached hydrogens (tertiary/aromatic N) is 2. The van der Waals surface area contributed by atoms with Crippen LogP contribution >= 0.6 is 11.8 Å². The summed E-state index contributed by atoms with van der Waals surface area (Å²) in [5, 5.41) is 10.6. The first-order chi connectivity index (χ1) is 13.2. The lowest BCUT2D eigenvalue weighted by Crippen LogP contribution is -2.06. The Morgan fingerprint density at radius 1 is 1.19 bits per heavy atom. The van der Waals surface area contributed by atoms with Gasteiger partial charge in [0.15, 0.2) is 0 Å². The number of hydrogen-bond donors (Lipinski definition) is 1. The van der Waals surface area contributed by atoms with E-state index in [0.717, 1.165) is 28.1 Å². The van der Waals surface area contributed by atoms with Crippen molar-refractivity contribution in [1.82, 2.24) is 15.2 Å². The molecular formula is C19H15N3O4S. The SMILES string of the molecule is CCOC(=O)CSc1nnc(-c2c[nH]c3c(ccc4ccccc43)c2=O)o1. The number of ether oxygens (including phenoxy) is 1. The Morgan fingerprint density at radius 3 is 2.89 bits per heavy atom. The van der Waals surface area contributed by atoms with Crippen LogP contribution in [0.1, 0.15) is 6.92 Å². The number of hydrogen-bond acceptors (Lipinski definition) is 7. The van der Waals surface area contributed by atoms with Crippen molar-refractivity contribution in [2.45, 2.75) is 12.1 Å². The molecule has 2 aromatic carbocycles. The van der Waals surface area contributed by atoms with Gasteiger partial charge in [-0.25, -0.2) is 0 Å². The molecule has 4 aromatic rings. The van der Waals surface area contributed by atoms with Crippen molar-refractivity contribution in [2.75, 3.05) is 12.4 Å². The van der Waals surface area contributed by atoms with E-state index in [4.69, 9.17) is 9.15 Å². The quantitative estimate of drug-likeness (QED) is 0.321. The number of nitrogens with one attached hydrogen (secondary N) is 1. The highest BCUT2D eigenvalue weighted by molar-refractivity contribution is 7.99. The summed E-state index contributed by atoms with van der Waals surface area (Å²) in [7, 11) is 0. The first-order valence-electron chi connectivity index (χ1n) is 8.33. The Balaban J connectivity index is 1.68. The van der Waals surface area contributed by atoms with Crippen molar-refractivity contribution in [3.63, 3.8) is 0 Å². The molecular weight excluding hydrogens is 366 g/mol. The fourth-order valence-corrected chi connectivity index (χ4v) is 3.39. The molecule has 2 aromatic heterocycles. The maximum Gasteiger partial charge on any atom is 0.316 e. The lowest BCUT2D eigenvalue weighted by atomic mass is 10.0. The lowest BCUT2D eigenvalue weighted by molar-refractivity contribution is -0.139. The largest absolute Gasteiger partial charge is 0.465 e. The monoisotopic (exact) mass is 381 g/mol. The van der Waals surface area contributed by atoms with E-state index in [9.17, 15) is 9.59 Å². The molecule has 136 valence electrons. The van der Waals surface area contributed by atoms with Gasteiger partial charge in [0.2, 0.25) is 5.43 Å². The average molecular weight is 381 g/mol. The molecule has 8 heteroatoms. The van der Waals surface area contributed by atoms with Crippen molar-refractivity contribution < 1.29 is 13.9 Å². The van der Waals surface area contributed by atoms with E-state index in [0.29, 0.717) is 12.0 Å². The predicted octanol–water partition coefficient (Wildman–Crippen LogP) is 3.39. The number of carbonyl (C=O) groups is 1. The maximum absolute atomic E-state index is 12.9. The van der Waals surface area contributed by atoms with Gasteiger partial charge < -0.3 is 14.1 Å². The zero-order valence-electron chi connectivity index (χ0n) is 14.4. The molecule has 0 unspecified atom stereocenters. The van der Waals surface area contributed by atoms with Crippen molar-refractivity contribution in [1.29, 1.82) is 0 Å². The van der Waals surface area contributed by atoms with Crippen molar-refractivity contribution in [2.24, 2.45) is 0 Å². The fourth-order valence-electron chi connectivity index (χ4n) is 2.83. The van der Waals surface area contributed by atoms with Crippen molar-refractivity contribution >= 4 is 39.4 Å². The van der Waals surface area contributed by atoms with Gasteiger partial charge in [0, 0.05) is 17.0 Å². The number of H-pyrrole nitrogens is 1. The van der Waals surface area contributed by atoms with Gasteiger partial charge in [0.1, 0.15) is 11.3 Å². The molecule has 0 spiro atoms. The number of esters is 1. The van der Waals surface area contributed by atoms with Crippen LogP contribution in [-0.4, -0.2) is 33.5 Å². The molecule has 0 bridgehead atoms. The normalized spacial score (nSPS) is 11.1. The first-order valence-corrected chi connectivity index (χ1v) is 9.31. The number of carbonyl (C=O) groups excluding carboxylic acids is 1. The van der Waals surface area contributed by atoms with Gasteiger partial charge in [-0.1, -0.05) is 42.1 Å². The highest BCUT2D eigenvalue weighted by atomic mass is 32.2. The highest BCUT2D eigenvalue weighted by Gasteiger charge is 2.16. The summed E-state index contributed by atoms with van der Waals surface area (Å²) >= 11 is 1.07. The number of aromatic amines is 1. The minimum Gasteiger partial charge on any atom is -0.465 e. The molecule has 27 heavy (non-hydrogen) atoms. The molecule has 0 amide bonds. The second-order valence-electron chi connectivity index (χ2n) is 5.71. The van der Waals surface area contributed by atoms with Crippen LogP contribution < -0.4 is 5.43 Å². The molecule has 2 heterocycles. The van der Waals surface area contributed by atoms with Gasteiger partial charge in [-0.15, -0.1) is 10.2 Å². The zero-order chi connectivity index (χ0) is 18.8. The third kappa shape index (κ3) is 3.31.